The molecule has 6 nitrogen and oxygen atoms in total. The molecular weight excluding hydrogens is 371 g/mol. The second kappa shape index (κ2) is 4.75. The molecule has 0 aromatic carbocycles. The van der Waals surface area contributed by atoms with Gasteiger partial charge < -0.3 is 15.9 Å². The van der Waals surface area contributed by atoms with Gasteiger partial charge in [0, 0.05) is 34.2 Å². The van der Waals surface area contributed by atoms with Gasteiger partial charge in [-0.2, -0.15) is 0 Å². The molecule has 0 bridgehead atoms. The van der Waals surface area contributed by atoms with Gasteiger partial charge in [0.05, 0.1) is 0 Å². The predicted octanol–water partition coefficient (Wildman–Crippen LogP) is -0.460. The van der Waals surface area contributed by atoms with Crippen molar-refractivity contribution in [3.05, 3.63) is 0 Å². The monoisotopic (exact) mass is 383 g/mol. The van der Waals surface area contributed by atoms with Gasteiger partial charge in [-0.25, -0.2) is 9.59 Å². The van der Waals surface area contributed by atoms with Gasteiger partial charge in [0.2, 0.25) is 0 Å². The summed E-state index contributed by atoms with van der Waals surface area (Å²) in [7, 11) is 0. The number of carbonyl (C=O) groups is 2. The van der Waals surface area contributed by atoms with Crippen LogP contribution >= 0.6 is 0 Å². The first-order valence-corrected chi connectivity index (χ1v) is 3.98. The van der Waals surface area contributed by atoms with Gasteiger partial charge in [0.15, 0.2) is 5.54 Å². The quantitative estimate of drug-likeness (QED) is 0.599. The summed E-state index contributed by atoms with van der Waals surface area (Å²) in [5.41, 5.74) is 3.92. The van der Waals surface area contributed by atoms with Crippen LogP contribution in [0.3, 0.4) is 0 Å². The number of rotatable bonds is 2. The maximum absolute atomic E-state index is 10.9. The maximum atomic E-state index is 10.9. The molecule has 7 heteroatoms. The Morgan fingerprint density at radius 2 is 2.00 bits per heavy atom. The van der Waals surface area contributed by atoms with Crippen LogP contribution in [0.1, 0.15) is 12.8 Å². The minimum Gasteiger partial charge on any atom is -0.479 e. The third-order valence-corrected chi connectivity index (χ3v) is 2.46. The molecule has 1 amide bonds. The number of aliphatic carboxylic acids is 1. The Hall–Kier alpha value is -0.612. The van der Waals surface area contributed by atoms with Crippen LogP contribution in [0.5, 0.6) is 0 Å². The third kappa shape index (κ3) is 1.91. The number of likely N-dealkylation sites (tertiary alicyclic amines) is 1. The van der Waals surface area contributed by atoms with Crippen molar-refractivity contribution in [2.24, 2.45) is 5.73 Å². The zero-order valence-corrected chi connectivity index (χ0v) is 9.65. The topological polar surface area (TPSA) is 104 Å². The molecule has 0 radical (unpaired) electrons. The van der Waals surface area contributed by atoms with E-state index in [1.165, 1.54) is 0 Å². The number of carboxylic acid groups (broad SMARTS) is 2. The van der Waals surface area contributed by atoms with Crippen molar-refractivity contribution in [2.45, 2.75) is 18.4 Å². The van der Waals surface area contributed by atoms with Crippen molar-refractivity contribution >= 4 is 12.1 Å². The van der Waals surface area contributed by atoms with Gasteiger partial charge in [0.25, 0.3) is 0 Å². The molecule has 4 N–H and O–H groups in total. The van der Waals surface area contributed by atoms with Crippen molar-refractivity contribution in [3.8, 4) is 0 Å². The Morgan fingerprint density at radius 3 is 2.29 bits per heavy atom. The average molecular weight is 383 g/mol. The molecule has 1 aliphatic heterocycles. The van der Waals surface area contributed by atoms with Gasteiger partial charge in [-0.05, 0) is 12.8 Å². The number of nitrogens with zero attached hydrogens (tertiary/aromatic N) is 1. The summed E-state index contributed by atoms with van der Waals surface area (Å²) in [4.78, 5) is 22.5. The van der Waals surface area contributed by atoms with Gasteiger partial charge in [-0.3, -0.25) is 4.90 Å². The van der Waals surface area contributed by atoms with E-state index in [-0.39, 0.29) is 34.2 Å². The Bertz CT molecular complexity index is 248. The molecule has 1 atom stereocenters. The molecular formula is C7H12N2O4Pt. The second-order valence-corrected chi connectivity index (χ2v) is 3.08. The SMILES string of the molecule is NCC1(C(=O)O)CCCN1C(=O)O.[Pt]. The summed E-state index contributed by atoms with van der Waals surface area (Å²) < 4.78 is 0. The summed E-state index contributed by atoms with van der Waals surface area (Å²) in [6.07, 6.45) is -0.369. The first-order valence-electron chi connectivity index (χ1n) is 3.98. The second-order valence-electron chi connectivity index (χ2n) is 3.08. The molecule has 1 fully saturated rings. The Balaban J connectivity index is 0.00000169. The van der Waals surface area contributed by atoms with Crippen molar-refractivity contribution < 1.29 is 40.9 Å². The Labute approximate surface area is 95.3 Å². The van der Waals surface area contributed by atoms with E-state index in [4.69, 9.17) is 15.9 Å². The molecule has 0 aromatic rings. The zero-order valence-electron chi connectivity index (χ0n) is 7.38. The fourth-order valence-electron chi connectivity index (χ4n) is 1.68. The van der Waals surface area contributed by atoms with Gasteiger partial charge in [0.1, 0.15) is 0 Å². The number of hydrogen-bond acceptors (Lipinski definition) is 3. The van der Waals surface area contributed by atoms with Gasteiger partial charge in [-0.15, -0.1) is 0 Å². The van der Waals surface area contributed by atoms with E-state index < -0.39 is 17.6 Å². The van der Waals surface area contributed by atoms with Crippen molar-refractivity contribution in [2.75, 3.05) is 13.1 Å². The predicted molar refractivity (Wildman–Crippen MR) is 43.4 cm³/mol. The number of hydrogen-bond donors (Lipinski definition) is 3. The van der Waals surface area contributed by atoms with Gasteiger partial charge >= 0.3 is 12.1 Å². The molecule has 14 heavy (non-hydrogen) atoms. The molecule has 0 aromatic heterocycles. The first kappa shape index (κ1) is 13.4. The Morgan fingerprint density at radius 1 is 1.43 bits per heavy atom. The summed E-state index contributed by atoms with van der Waals surface area (Å²) >= 11 is 0. The van der Waals surface area contributed by atoms with Crippen molar-refractivity contribution in [1.82, 2.24) is 4.90 Å². The first-order chi connectivity index (χ1) is 6.04. The van der Waals surface area contributed by atoms with Crippen molar-refractivity contribution in [1.29, 1.82) is 0 Å². The molecule has 1 saturated heterocycles. The molecule has 0 saturated carbocycles. The number of carboxylic acids is 1. The summed E-state index contributed by atoms with van der Waals surface area (Å²) in [5.74, 6) is -1.16. The fraction of sp³-hybridized carbons (Fsp3) is 0.714. The largest absolute Gasteiger partial charge is 0.479 e. The van der Waals surface area contributed by atoms with Crippen LogP contribution in [0.15, 0.2) is 0 Å². The summed E-state index contributed by atoms with van der Waals surface area (Å²) in [6, 6.07) is 0. The molecule has 0 spiro atoms. The van der Waals surface area contributed by atoms with Crippen LogP contribution in [0.25, 0.3) is 0 Å². The molecule has 0 aliphatic carbocycles. The van der Waals surface area contributed by atoms with E-state index in [1.54, 1.807) is 0 Å². The van der Waals surface area contributed by atoms with Crippen LogP contribution in [0.4, 0.5) is 4.79 Å². The van der Waals surface area contributed by atoms with Crippen LogP contribution in [-0.4, -0.2) is 45.8 Å². The van der Waals surface area contributed by atoms with Crippen LogP contribution in [0.2, 0.25) is 0 Å². The number of nitrogens with two attached hydrogens (primary N) is 1. The Kier molecular flexibility index (Phi) is 4.54. The minimum atomic E-state index is -1.40. The molecule has 1 heterocycles. The van der Waals surface area contributed by atoms with Crippen LogP contribution in [0, 0.1) is 0 Å². The molecule has 1 rings (SSSR count). The smallest absolute Gasteiger partial charge is 0.408 e. The average Bonchev–Trinajstić information content (AvgIpc) is 2.48. The normalized spacial score (nSPS) is 25.6. The molecule has 1 unspecified atom stereocenters. The van der Waals surface area contributed by atoms with E-state index in [0.29, 0.717) is 12.8 Å². The maximum Gasteiger partial charge on any atom is 0.408 e. The summed E-state index contributed by atoms with van der Waals surface area (Å²) in [6.45, 7) is 0.0769. The number of amides is 1. The zero-order chi connectivity index (χ0) is 10.1. The fourth-order valence-corrected chi connectivity index (χ4v) is 1.68. The van der Waals surface area contributed by atoms with Crippen LogP contribution < -0.4 is 5.73 Å². The van der Waals surface area contributed by atoms with E-state index in [9.17, 15) is 9.59 Å². The summed E-state index contributed by atoms with van der Waals surface area (Å²) in [5, 5.41) is 17.6. The van der Waals surface area contributed by atoms with E-state index >= 15 is 0 Å². The minimum absolute atomic E-state index is 0. The standard InChI is InChI=1S/C7H12N2O4.Pt/c8-4-7(5(10)11)2-1-3-9(7)6(12)13;/h1-4,8H2,(H,10,11)(H,12,13);. The molecule has 1 aliphatic rings. The van der Waals surface area contributed by atoms with E-state index in [1.807, 2.05) is 0 Å². The van der Waals surface area contributed by atoms with Crippen LogP contribution in [-0.2, 0) is 25.9 Å². The third-order valence-electron chi connectivity index (χ3n) is 2.46. The van der Waals surface area contributed by atoms with Crippen molar-refractivity contribution in [3.63, 3.8) is 0 Å². The van der Waals surface area contributed by atoms with E-state index in [2.05, 4.69) is 0 Å². The van der Waals surface area contributed by atoms with Gasteiger partial charge in [-0.1, -0.05) is 0 Å². The van der Waals surface area contributed by atoms with E-state index in [0.717, 1.165) is 4.90 Å². The molecule has 84 valence electrons.